The summed E-state index contributed by atoms with van der Waals surface area (Å²) in [7, 11) is 0. The van der Waals surface area contributed by atoms with Gasteiger partial charge < -0.3 is 20.9 Å². The number of carboxylic acid groups (broad SMARTS) is 1. The number of carbonyl (C=O) groups is 3. The molecule has 0 saturated carbocycles. The molecule has 1 unspecified atom stereocenters. The number of hydrogen-bond donors (Lipinski definition) is 3. The Morgan fingerprint density at radius 2 is 1.38 bits per heavy atom. The van der Waals surface area contributed by atoms with Gasteiger partial charge >= 0.3 is 11.9 Å². The lowest BCUT2D eigenvalue weighted by atomic mass is 10.1. The van der Waals surface area contributed by atoms with Crippen molar-refractivity contribution in [2.75, 3.05) is 11.1 Å². The molecular formula is C30H25Cl3N2O5. The molecule has 206 valence electrons. The van der Waals surface area contributed by atoms with Gasteiger partial charge in [0.25, 0.3) is 5.24 Å². The van der Waals surface area contributed by atoms with Crippen molar-refractivity contribution in [1.29, 1.82) is 0 Å². The molecule has 0 spiro atoms. The Hall–Kier alpha value is -4.04. The summed E-state index contributed by atoms with van der Waals surface area (Å²) in [5, 5.41) is 11.3. The number of para-hydroxylation sites is 2. The first-order valence-electron chi connectivity index (χ1n) is 11.9. The number of aromatic carboxylic acids is 1. The molecule has 0 radical (unpaired) electrons. The topological polar surface area (TPSA) is 119 Å². The van der Waals surface area contributed by atoms with Crippen LogP contribution in [-0.4, -0.2) is 22.3 Å². The second kappa shape index (κ2) is 14.9. The Balaban J connectivity index is 0.000000180. The molecule has 4 aromatic carbocycles. The first-order chi connectivity index (χ1) is 19.2. The summed E-state index contributed by atoms with van der Waals surface area (Å²) in [6.07, 6.45) is -0.452. The highest BCUT2D eigenvalue weighted by atomic mass is 35.5. The van der Waals surface area contributed by atoms with Crippen LogP contribution >= 0.6 is 34.8 Å². The molecule has 10 heteroatoms. The summed E-state index contributed by atoms with van der Waals surface area (Å²) in [6.45, 7) is 0. The van der Waals surface area contributed by atoms with Gasteiger partial charge in [-0.05, 0) is 59.1 Å². The van der Waals surface area contributed by atoms with Crippen LogP contribution in [-0.2, 0) is 16.5 Å². The monoisotopic (exact) mass is 598 g/mol. The molecule has 7 nitrogen and oxygen atoms in total. The Labute approximate surface area is 246 Å². The molecule has 4 N–H and O–H groups in total. The summed E-state index contributed by atoms with van der Waals surface area (Å²) in [6, 6.07) is 28.3. The molecule has 40 heavy (non-hydrogen) atoms. The fraction of sp³-hybridized carbons (Fsp3) is 0.100. The second-order valence-electron chi connectivity index (χ2n) is 8.35. The van der Waals surface area contributed by atoms with Gasteiger partial charge in [0.1, 0.15) is 0 Å². The highest BCUT2D eigenvalue weighted by molar-refractivity contribution is 6.67. The van der Waals surface area contributed by atoms with Crippen molar-refractivity contribution >= 4 is 63.4 Å². The third-order valence-corrected chi connectivity index (χ3v) is 6.46. The summed E-state index contributed by atoms with van der Waals surface area (Å²) in [4.78, 5) is 32.8. The Morgan fingerprint density at radius 1 is 0.825 bits per heavy atom. The molecule has 0 aromatic heterocycles. The largest absolute Gasteiger partial charge is 0.478 e. The first-order valence-corrected chi connectivity index (χ1v) is 13.3. The number of carboxylic acids is 1. The third kappa shape index (κ3) is 8.48. The first kappa shape index (κ1) is 30.5. The zero-order valence-corrected chi connectivity index (χ0v) is 23.3. The van der Waals surface area contributed by atoms with Gasteiger partial charge in [0.05, 0.1) is 16.8 Å². The van der Waals surface area contributed by atoms with E-state index in [2.05, 4.69) is 5.32 Å². The summed E-state index contributed by atoms with van der Waals surface area (Å²) in [5.74, 6) is -0.364. The Bertz CT molecular complexity index is 1460. The van der Waals surface area contributed by atoms with Crippen molar-refractivity contribution in [2.45, 2.75) is 18.0 Å². The molecule has 0 bridgehead atoms. The fourth-order valence-corrected chi connectivity index (χ4v) is 3.96. The van der Waals surface area contributed by atoms with Crippen LogP contribution < -0.4 is 11.1 Å². The average Bonchev–Trinajstić information content (AvgIpc) is 2.98. The van der Waals surface area contributed by atoms with E-state index in [9.17, 15) is 14.4 Å². The minimum atomic E-state index is -0.988. The molecule has 1 atom stereocenters. The maximum absolute atomic E-state index is 11.9. The number of alkyl halides is 2. The van der Waals surface area contributed by atoms with Crippen molar-refractivity contribution in [2.24, 2.45) is 0 Å². The standard InChI is InChI=1S/C15H12ClNO2.C8H6Cl2O.C7H7NO2/c16-9-10-5-7-11(8-6-10)14-17-13-4-2-1-3-12(13)15(18)19-14;9-5-6-1-3-7(4-2-6)8(10)11;8-6-4-2-1-3-5(6)7(9)10/h1-8,14,17H,9H2;1-4H,5H2;1-4H,8H2,(H,9,10). The predicted molar refractivity (Wildman–Crippen MR) is 158 cm³/mol. The highest BCUT2D eigenvalue weighted by Crippen LogP contribution is 2.30. The van der Waals surface area contributed by atoms with E-state index < -0.39 is 17.4 Å². The average molecular weight is 600 g/mol. The number of cyclic esters (lactones) is 1. The summed E-state index contributed by atoms with van der Waals surface area (Å²) < 4.78 is 5.39. The number of nitrogen functional groups attached to an aromatic ring is 1. The number of fused-ring (bicyclic) bond motifs is 1. The molecule has 0 fully saturated rings. The number of rotatable bonds is 5. The van der Waals surface area contributed by atoms with E-state index in [4.69, 9.17) is 50.4 Å². The van der Waals surface area contributed by atoms with Crippen LogP contribution in [0.4, 0.5) is 11.4 Å². The second-order valence-corrected chi connectivity index (χ2v) is 9.22. The van der Waals surface area contributed by atoms with Crippen LogP contribution in [0.15, 0.2) is 97.1 Å². The number of nitrogens with one attached hydrogen (secondary N) is 1. The highest BCUT2D eigenvalue weighted by Gasteiger charge is 2.26. The van der Waals surface area contributed by atoms with Gasteiger partial charge in [0.15, 0.2) is 6.23 Å². The number of esters is 1. The lowest BCUT2D eigenvalue weighted by Gasteiger charge is -2.26. The van der Waals surface area contributed by atoms with Gasteiger partial charge in [0.2, 0.25) is 0 Å². The number of anilines is 2. The van der Waals surface area contributed by atoms with Crippen LogP contribution in [0.1, 0.15) is 54.0 Å². The number of halogens is 3. The van der Waals surface area contributed by atoms with Gasteiger partial charge in [0, 0.05) is 28.6 Å². The van der Waals surface area contributed by atoms with Gasteiger partial charge in [-0.15, -0.1) is 23.2 Å². The number of hydrogen-bond acceptors (Lipinski definition) is 6. The predicted octanol–water partition coefficient (Wildman–Crippen LogP) is 7.48. The molecule has 0 saturated heterocycles. The maximum Gasteiger partial charge on any atom is 0.342 e. The number of carbonyl (C=O) groups excluding carboxylic acids is 2. The van der Waals surface area contributed by atoms with Crippen LogP contribution in [0.25, 0.3) is 0 Å². The number of ether oxygens (including phenoxy) is 1. The maximum atomic E-state index is 11.9. The molecule has 1 aliphatic heterocycles. The Morgan fingerprint density at radius 3 is 1.90 bits per heavy atom. The normalized spacial score (nSPS) is 13.2. The zero-order chi connectivity index (χ0) is 29.1. The smallest absolute Gasteiger partial charge is 0.342 e. The summed E-state index contributed by atoms with van der Waals surface area (Å²) in [5.41, 5.74) is 10.6. The van der Waals surface area contributed by atoms with E-state index in [1.807, 2.05) is 42.5 Å². The fourth-order valence-electron chi connectivity index (χ4n) is 3.48. The van der Waals surface area contributed by atoms with Gasteiger partial charge in [-0.2, -0.15) is 0 Å². The van der Waals surface area contributed by atoms with Gasteiger partial charge in [-0.3, -0.25) is 4.79 Å². The van der Waals surface area contributed by atoms with E-state index in [0.29, 0.717) is 28.6 Å². The zero-order valence-electron chi connectivity index (χ0n) is 21.0. The number of benzene rings is 4. The van der Waals surface area contributed by atoms with Crippen LogP contribution in [0, 0.1) is 0 Å². The van der Waals surface area contributed by atoms with Crippen LogP contribution in [0.2, 0.25) is 0 Å². The van der Waals surface area contributed by atoms with Crippen LogP contribution in [0.3, 0.4) is 0 Å². The summed E-state index contributed by atoms with van der Waals surface area (Å²) >= 11 is 16.5. The lowest BCUT2D eigenvalue weighted by Crippen LogP contribution is -2.25. The van der Waals surface area contributed by atoms with E-state index >= 15 is 0 Å². The minimum Gasteiger partial charge on any atom is -0.478 e. The molecule has 1 aliphatic rings. The molecule has 5 rings (SSSR count). The van der Waals surface area contributed by atoms with Crippen LogP contribution in [0.5, 0.6) is 0 Å². The molecule has 4 aromatic rings. The van der Waals surface area contributed by atoms with E-state index in [1.54, 1.807) is 48.5 Å². The third-order valence-electron chi connectivity index (χ3n) is 5.62. The molecular weight excluding hydrogens is 575 g/mol. The van der Waals surface area contributed by atoms with E-state index in [0.717, 1.165) is 22.4 Å². The Kier molecular flexibility index (Phi) is 11.4. The van der Waals surface area contributed by atoms with Gasteiger partial charge in [-0.1, -0.05) is 60.7 Å². The van der Waals surface area contributed by atoms with E-state index in [1.165, 1.54) is 6.07 Å². The van der Waals surface area contributed by atoms with Crippen molar-refractivity contribution in [3.05, 3.63) is 130 Å². The van der Waals surface area contributed by atoms with Gasteiger partial charge in [-0.25, -0.2) is 9.59 Å². The van der Waals surface area contributed by atoms with Crippen molar-refractivity contribution in [3.63, 3.8) is 0 Å². The quantitative estimate of drug-likeness (QED) is 0.0942. The van der Waals surface area contributed by atoms with Crippen molar-refractivity contribution < 1.29 is 24.2 Å². The molecule has 0 amide bonds. The van der Waals surface area contributed by atoms with Crippen molar-refractivity contribution in [3.8, 4) is 0 Å². The lowest BCUT2D eigenvalue weighted by molar-refractivity contribution is 0.0330. The van der Waals surface area contributed by atoms with E-state index in [-0.39, 0.29) is 11.5 Å². The molecule has 0 aliphatic carbocycles. The molecule has 1 heterocycles. The van der Waals surface area contributed by atoms with Crippen molar-refractivity contribution in [1.82, 2.24) is 0 Å². The SMILES string of the molecule is Nc1ccccc1C(=O)O.O=C(Cl)c1ccc(CCl)cc1.O=C1OC(c2ccc(CCl)cc2)Nc2ccccc21. The number of nitrogens with two attached hydrogens (primary N) is 1. The minimum absolute atomic E-state index is 0.155.